The summed E-state index contributed by atoms with van der Waals surface area (Å²) in [6.07, 6.45) is 4.33. The van der Waals surface area contributed by atoms with Crippen LogP contribution in [0.25, 0.3) is 0 Å². The molecule has 94 valence electrons. The Labute approximate surface area is 104 Å². The molecule has 2 atom stereocenters. The van der Waals surface area contributed by atoms with Crippen molar-refractivity contribution in [1.29, 1.82) is 0 Å². The summed E-state index contributed by atoms with van der Waals surface area (Å²) in [5.41, 5.74) is 9.71. The third-order valence-corrected chi connectivity index (χ3v) is 3.88. The normalized spacial score (nSPS) is 20.5. The van der Waals surface area contributed by atoms with Crippen LogP contribution in [0.2, 0.25) is 0 Å². The molecule has 1 aromatic carbocycles. The van der Waals surface area contributed by atoms with E-state index < -0.39 is 6.10 Å². The molecule has 3 N–H and O–H groups in total. The van der Waals surface area contributed by atoms with Crippen LogP contribution in [0.3, 0.4) is 0 Å². The zero-order valence-electron chi connectivity index (χ0n) is 10.8. The van der Waals surface area contributed by atoms with E-state index in [1.165, 1.54) is 24.0 Å². The van der Waals surface area contributed by atoms with E-state index in [0.29, 0.717) is 5.92 Å². The molecule has 1 aliphatic rings. The minimum Gasteiger partial charge on any atom is -0.391 e. The summed E-state index contributed by atoms with van der Waals surface area (Å²) in [6, 6.07) is 6.08. The molecule has 0 radical (unpaired) electrons. The largest absolute Gasteiger partial charge is 0.391 e. The smallest absolute Gasteiger partial charge is 0.0760 e. The molecule has 0 saturated heterocycles. The number of aliphatic hydroxyl groups excluding tert-OH is 1. The molecule has 0 amide bonds. The van der Waals surface area contributed by atoms with Gasteiger partial charge in [0.25, 0.3) is 0 Å². The fraction of sp³-hybridized carbons (Fsp3) is 0.600. The van der Waals surface area contributed by atoms with E-state index in [1.54, 1.807) is 0 Å². The molecule has 1 aliphatic carbocycles. The van der Waals surface area contributed by atoms with Crippen molar-refractivity contribution in [2.45, 2.75) is 51.7 Å². The zero-order chi connectivity index (χ0) is 12.4. The van der Waals surface area contributed by atoms with E-state index in [9.17, 15) is 5.11 Å². The third kappa shape index (κ3) is 2.88. The third-order valence-electron chi connectivity index (χ3n) is 3.88. The van der Waals surface area contributed by atoms with Gasteiger partial charge in [0.15, 0.2) is 0 Å². The van der Waals surface area contributed by atoms with Crippen LogP contribution in [0.15, 0.2) is 18.2 Å². The standard InChI is InChI=1S/C15H23NO/c1-10-7-11(2)9-13(8-10)14(16)15(17)12-5-3-4-6-12/h7-9,12,14-15,17H,3-6,16H2,1-2H3/t14-,15+/m0/s1. The summed E-state index contributed by atoms with van der Waals surface area (Å²) in [4.78, 5) is 0. The Morgan fingerprint density at radius 1 is 1.12 bits per heavy atom. The zero-order valence-corrected chi connectivity index (χ0v) is 10.8. The number of nitrogens with two attached hydrogens (primary N) is 1. The van der Waals surface area contributed by atoms with Gasteiger partial charge in [-0.15, -0.1) is 0 Å². The van der Waals surface area contributed by atoms with Gasteiger partial charge >= 0.3 is 0 Å². The monoisotopic (exact) mass is 233 g/mol. The lowest BCUT2D eigenvalue weighted by molar-refractivity contribution is 0.0845. The average Bonchev–Trinajstić information content (AvgIpc) is 2.79. The quantitative estimate of drug-likeness (QED) is 0.843. The maximum absolute atomic E-state index is 10.3. The SMILES string of the molecule is Cc1cc(C)cc([C@H](N)[C@H](O)C2CCCC2)c1. The summed E-state index contributed by atoms with van der Waals surface area (Å²) in [6.45, 7) is 4.15. The van der Waals surface area contributed by atoms with Crippen molar-refractivity contribution in [3.8, 4) is 0 Å². The van der Waals surface area contributed by atoms with Crippen molar-refractivity contribution in [3.63, 3.8) is 0 Å². The lowest BCUT2D eigenvalue weighted by Crippen LogP contribution is -2.32. The topological polar surface area (TPSA) is 46.2 Å². The Morgan fingerprint density at radius 3 is 2.18 bits per heavy atom. The van der Waals surface area contributed by atoms with Gasteiger partial charge in [-0.25, -0.2) is 0 Å². The predicted molar refractivity (Wildman–Crippen MR) is 70.8 cm³/mol. The van der Waals surface area contributed by atoms with Gasteiger partial charge in [-0.2, -0.15) is 0 Å². The van der Waals surface area contributed by atoms with Crippen molar-refractivity contribution in [2.24, 2.45) is 11.7 Å². The predicted octanol–water partition coefficient (Wildman–Crippen LogP) is 2.85. The fourth-order valence-electron chi connectivity index (χ4n) is 2.99. The molecule has 0 aliphatic heterocycles. The maximum Gasteiger partial charge on any atom is 0.0760 e. The molecule has 17 heavy (non-hydrogen) atoms. The molecule has 0 bridgehead atoms. The van der Waals surface area contributed by atoms with Gasteiger partial charge in [0, 0.05) is 0 Å². The highest BCUT2D eigenvalue weighted by Crippen LogP contribution is 2.32. The fourth-order valence-corrected chi connectivity index (χ4v) is 2.99. The van der Waals surface area contributed by atoms with E-state index in [4.69, 9.17) is 5.73 Å². The first kappa shape index (κ1) is 12.6. The van der Waals surface area contributed by atoms with Crippen molar-refractivity contribution in [2.75, 3.05) is 0 Å². The highest BCUT2D eigenvalue weighted by atomic mass is 16.3. The molecule has 1 saturated carbocycles. The minimum atomic E-state index is -0.390. The first-order valence-electron chi connectivity index (χ1n) is 6.60. The van der Waals surface area contributed by atoms with Crippen LogP contribution in [0.4, 0.5) is 0 Å². The van der Waals surface area contributed by atoms with Crippen LogP contribution >= 0.6 is 0 Å². The van der Waals surface area contributed by atoms with Crippen molar-refractivity contribution in [1.82, 2.24) is 0 Å². The minimum absolute atomic E-state index is 0.239. The van der Waals surface area contributed by atoms with Crippen molar-refractivity contribution >= 4 is 0 Å². The second kappa shape index (κ2) is 5.19. The van der Waals surface area contributed by atoms with E-state index in [1.807, 2.05) is 0 Å². The lowest BCUT2D eigenvalue weighted by atomic mass is 9.89. The van der Waals surface area contributed by atoms with Gasteiger partial charge in [-0.3, -0.25) is 0 Å². The molecule has 1 fully saturated rings. The Hall–Kier alpha value is -0.860. The first-order valence-corrected chi connectivity index (χ1v) is 6.60. The molecule has 1 aromatic rings. The number of hydrogen-bond donors (Lipinski definition) is 2. The number of aliphatic hydroxyl groups is 1. The lowest BCUT2D eigenvalue weighted by Gasteiger charge is -2.25. The molecule has 0 heterocycles. The van der Waals surface area contributed by atoms with Crippen LogP contribution in [0, 0.1) is 19.8 Å². The molecule has 2 heteroatoms. The van der Waals surface area contributed by atoms with E-state index in [0.717, 1.165) is 18.4 Å². The van der Waals surface area contributed by atoms with E-state index in [-0.39, 0.29) is 6.04 Å². The highest BCUT2D eigenvalue weighted by molar-refractivity contribution is 5.31. The summed E-state index contributed by atoms with van der Waals surface area (Å²) in [5, 5.41) is 10.3. The molecule has 2 nitrogen and oxygen atoms in total. The Kier molecular flexibility index (Phi) is 3.85. The van der Waals surface area contributed by atoms with Gasteiger partial charge in [-0.05, 0) is 38.2 Å². The van der Waals surface area contributed by atoms with Gasteiger partial charge in [0.2, 0.25) is 0 Å². The van der Waals surface area contributed by atoms with Crippen LogP contribution in [0.5, 0.6) is 0 Å². The number of aryl methyl sites for hydroxylation is 2. The number of rotatable bonds is 3. The van der Waals surface area contributed by atoms with Gasteiger partial charge in [0.05, 0.1) is 12.1 Å². The van der Waals surface area contributed by atoms with E-state index >= 15 is 0 Å². The molecular weight excluding hydrogens is 210 g/mol. The summed E-state index contributed by atoms with van der Waals surface area (Å²) in [5.74, 6) is 0.394. The van der Waals surface area contributed by atoms with Gasteiger partial charge in [0.1, 0.15) is 0 Å². The van der Waals surface area contributed by atoms with Crippen LogP contribution in [-0.2, 0) is 0 Å². The van der Waals surface area contributed by atoms with Gasteiger partial charge < -0.3 is 10.8 Å². The highest BCUT2D eigenvalue weighted by Gasteiger charge is 2.28. The van der Waals surface area contributed by atoms with Crippen molar-refractivity contribution in [3.05, 3.63) is 34.9 Å². The Morgan fingerprint density at radius 2 is 1.65 bits per heavy atom. The van der Waals surface area contributed by atoms with Crippen LogP contribution in [-0.4, -0.2) is 11.2 Å². The Bertz CT molecular complexity index is 362. The molecule has 0 unspecified atom stereocenters. The summed E-state index contributed by atoms with van der Waals surface area (Å²) < 4.78 is 0. The van der Waals surface area contributed by atoms with Crippen LogP contribution < -0.4 is 5.73 Å². The maximum atomic E-state index is 10.3. The first-order chi connectivity index (χ1) is 8.08. The van der Waals surface area contributed by atoms with Gasteiger partial charge in [-0.1, -0.05) is 42.2 Å². The molecule has 0 aromatic heterocycles. The van der Waals surface area contributed by atoms with E-state index in [2.05, 4.69) is 32.0 Å². The second-order valence-electron chi connectivity index (χ2n) is 5.48. The summed E-state index contributed by atoms with van der Waals surface area (Å²) >= 11 is 0. The summed E-state index contributed by atoms with van der Waals surface area (Å²) in [7, 11) is 0. The Balaban J connectivity index is 2.14. The number of hydrogen-bond acceptors (Lipinski definition) is 2. The average molecular weight is 233 g/mol. The second-order valence-corrected chi connectivity index (χ2v) is 5.48. The van der Waals surface area contributed by atoms with Crippen LogP contribution in [0.1, 0.15) is 48.4 Å². The molecule has 0 spiro atoms. The molecule has 2 rings (SSSR count). The molecular formula is C15H23NO. The number of benzene rings is 1. The van der Waals surface area contributed by atoms with Crippen molar-refractivity contribution < 1.29 is 5.11 Å².